The minimum absolute atomic E-state index is 0.129. The van der Waals surface area contributed by atoms with E-state index in [0.29, 0.717) is 18.3 Å². The van der Waals surface area contributed by atoms with Gasteiger partial charge in [-0.25, -0.2) is 0 Å². The Balaban J connectivity index is 1.70. The molecule has 0 amide bonds. The van der Waals surface area contributed by atoms with Gasteiger partial charge in [-0.15, -0.1) is 0 Å². The molecule has 0 aromatic heterocycles. The summed E-state index contributed by atoms with van der Waals surface area (Å²) >= 11 is 0. The Hall–Kier alpha value is -3.57. The fraction of sp³-hybridized carbons (Fsp3) is 0.300. The summed E-state index contributed by atoms with van der Waals surface area (Å²) in [5.74, 6) is -0.0676. The molecule has 0 radical (unpaired) electrons. The molecule has 3 rings (SSSR count). The van der Waals surface area contributed by atoms with Crippen LogP contribution in [0.1, 0.15) is 48.4 Å². The third-order valence-corrected chi connectivity index (χ3v) is 6.09. The molecule has 0 aliphatic carbocycles. The van der Waals surface area contributed by atoms with Crippen molar-refractivity contribution in [1.29, 1.82) is 0 Å². The molecule has 0 aliphatic heterocycles. The molecular formula is C30H35NO4. The fourth-order valence-corrected chi connectivity index (χ4v) is 4.24. The average Bonchev–Trinajstić information content (AvgIpc) is 2.83. The highest BCUT2D eigenvalue weighted by Gasteiger charge is 2.21. The van der Waals surface area contributed by atoms with Crippen molar-refractivity contribution < 1.29 is 19.7 Å². The Morgan fingerprint density at radius 3 is 2.26 bits per heavy atom. The summed E-state index contributed by atoms with van der Waals surface area (Å²) in [5.41, 5.74) is 12.8. The zero-order valence-corrected chi connectivity index (χ0v) is 20.6. The van der Waals surface area contributed by atoms with Gasteiger partial charge in [0.25, 0.3) is 0 Å². The largest absolute Gasteiger partial charge is 0.516 e. The van der Waals surface area contributed by atoms with Crippen molar-refractivity contribution in [3.05, 3.63) is 101 Å². The summed E-state index contributed by atoms with van der Waals surface area (Å²) in [6, 6.07) is 21.8. The average molecular weight is 474 g/mol. The molecule has 184 valence electrons. The lowest BCUT2D eigenvalue weighted by Crippen LogP contribution is -2.28. The number of carboxylic acids is 1. The van der Waals surface area contributed by atoms with Crippen molar-refractivity contribution >= 4 is 5.97 Å². The number of ether oxygens (including phenoxy) is 1. The Kier molecular flexibility index (Phi) is 9.10. The van der Waals surface area contributed by atoms with Gasteiger partial charge in [0.15, 0.2) is 0 Å². The van der Waals surface area contributed by atoms with Crippen LogP contribution < -0.4 is 10.5 Å². The van der Waals surface area contributed by atoms with Crippen LogP contribution in [0.2, 0.25) is 0 Å². The third-order valence-electron chi connectivity index (χ3n) is 6.09. The molecule has 4 N–H and O–H groups in total. The van der Waals surface area contributed by atoms with Gasteiger partial charge >= 0.3 is 5.97 Å². The molecule has 3 aromatic rings. The predicted octanol–water partition coefficient (Wildman–Crippen LogP) is 6.40. The quantitative estimate of drug-likeness (QED) is 0.280. The zero-order valence-electron chi connectivity index (χ0n) is 20.6. The molecule has 0 heterocycles. The monoisotopic (exact) mass is 473 g/mol. The SMILES string of the molecule is Cc1ccc(COc2ccc(C(CC(=O)O)C(N)/C=C\O)cc2)cc1-c1ccc(CC(C)C)cc1. The smallest absolute Gasteiger partial charge is 0.304 e. The molecule has 0 saturated carbocycles. The van der Waals surface area contributed by atoms with E-state index in [1.807, 2.05) is 24.3 Å². The van der Waals surface area contributed by atoms with Gasteiger partial charge in [-0.05, 0) is 76.9 Å². The van der Waals surface area contributed by atoms with Crippen molar-refractivity contribution in [3.63, 3.8) is 0 Å². The number of nitrogens with two attached hydrogens (primary N) is 1. The van der Waals surface area contributed by atoms with E-state index in [1.54, 1.807) is 0 Å². The molecule has 5 nitrogen and oxygen atoms in total. The van der Waals surface area contributed by atoms with E-state index in [1.165, 1.54) is 28.3 Å². The molecule has 5 heteroatoms. The maximum atomic E-state index is 11.3. The topological polar surface area (TPSA) is 92.8 Å². The van der Waals surface area contributed by atoms with E-state index in [2.05, 4.69) is 63.2 Å². The minimum atomic E-state index is -0.943. The van der Waals surface area contributed by atoms with Crippen molar-refractivity contribution in [1.82, 2.24) is 0 Å². The van der Waals surface area contributed by atoms with E-state index >= 15 is 0 Å². The van der Waals surface area contributed by atoms with Gasteiger partial charge in [0.1, 0.15) is 12.4 Å². The lowest BCUT2D eigenvalue weighted by atomic mass is 9.89. The van der Waals surface area contributed by atoms with Crippen molar-refractivity contribution in [2.45, 2.75) is 52.2 Å². The normalized spacial score (nSPS) is 13.2. The maximum absolute atomic E-state index is 11.3. The number of rotatable bonds is 11. The Labute approximate surface area is 207 Å². The second-order valence-corrected chi connectivity index (χ2v) is 9.43. The number of carbonyl (C=O) groups is 1. The summed E-state index contributed by atoms with van der Waals surface area (Å²) < 4.78 is 6.01. The molecule has 0 spiro atoms. The molecular weight excluding hydrogens is 438 g/mol. The highest BCUT2D eigenvalue weighted by Crippen LogP contribution is 2.28. The Morgan fingerprint density at radius 2 is 1.66 bits per heavy atom. The fourth-order valence-electron chi connectivity index (χ4n) is 4.24. The van der Waals surface area contributed by atoms with E-state index < -0.39 is 17.9 Å². The number of hydrogen-bond donors (Lipinski definition) is 3. The van der Waals surface area contributed by atoms with Crippen LogP contribution in [0.5, 0.6) is 5.75 Å². The number of carboxylic acid groups (broad SMARTS) is 1. The van der Waals surface area contributed by atoms with Crippen LogP contribution in [0.3, 0.4) is 0 Å². The van der Waals surface area contributed by atoms with Crippen LogP contribution in [-0.4, -0.2) is 22.2 Å². The summed E-state index contributed by atoms with van der Waals surface area (Å²) in [6.07, 6.45) is 3.20. The third kappa shape index (κ3) is 7.46. The number of aliphatic hydroxyl groups is 1. The molecule has 0 saturated heterocycles. The first kappa shape index (κ1) is 26.0. The highest BCUT2D eigenvalue weighted by atomic mass is 16.5. The molecule has 3 aromatic carbocycles. The number of hydrogen-bond acceptors (Lipinski definition) is 4. The molecule has 2 atom stereocenters. The minimum Gasteiger partial charge on any atom is -0.516 e. The van der Waals surface area contributed by atoms with Crippen molar-refractivity contribution in [2.24, 2.45) is 11.7 Å². The number of aliphatic carboxylic acids is 1. The first-order valence-electron chi connectivity index (χ1n) is 12.0. The van der Waals surface area contributed by atoms with Crippen molar-refractivity contribution in [3.8, 4) is 16.9 Å². The molecule has 0 aliphatic rings. The number of aliphatic hydroxyl groups excluding tert-OH is 1. The highest BCUT2D eigenvalue weighted by molar-refractivity contribution is 5.69. The van der Waals surface area contributed by atoms with Gasteiger partial charge in [-0.1, -0.05) is 62.4 Å². The maximum Gasteiger partial charge on any atom is 0.304 e. The number of benzene rings is 3. The summed E-state index contributed by atoms with van der Waals surface area (Å²) in [4.78, 5) is 11.3. The second-order valence-electron chi connectivity index (χ2n) is 9.43. The van der Waals surface area contributed by atoms with E-state index in [-0.39, 0.29) is 6.42 Å². The van der Waals surface area contributed by atoms with Crippen LogP contribution in [0, 0.1) is 12.8 Å². The second kappa shape index (κ2) is 12.2. The summed E-state index contributed by atoms with van der Waals surface area (Å²) in [5, 5.41) is 18.2. The first-order valence-corrected chi connectivity index (χ1v) is 12.0. The summed E-state index contributed by atoms with van der Waals surface area (Å²) in [7, 11) is 0. The van der Waals surface area contributed by atoms with Gasteiger partial charge < -0.3 is 20.7 Å². The van der Waals surface area contributed by atoms with Crippen LogP contribution in [0.25, 0.3) is 11.1 Å². The van der Waals surface area contributed by atoms with Gasteiger partial charge in [0, 0.05) is 12.0 Å². The Bertz CT molecular complexity index is 1130. The number of aryl methyl sites for hydroxylation is 1. The zero-order chi connectivity index (χ0) is 25.4. The summed E-state index contributed by atoms with van der Waals surface area (Å²) in [6.45, 7) is 6.99. The molecule has 35 heavy (non-hydrogen) atoms. The van der Waals surface area contributed by atoms with Crippen LogP contribution in [0.15, 0.2) is 79.1 Å². The predicted molar refractivity (Wildman–Crippen MR) is 141 cm³/mol. The van der Waals surface area contributed by atoms with Crippen LogP contribution in [-0.2, 0) is 17.8 Å². The van der Waals surface area contributed by atoms with Gasteiger partial charge in [0.05, 0.1) is 12.7 Å². The standard InChI is InChI=1S/C30H35NO4/c1-20(2)16-22-6-8-24(9-7-22)27-17-23(5-4-21(27)3)19-35-26-12-10-25(11-13-26)28(18-30(33)34)29(31)14-15-32/h4-15,17,20,28-29,32H,16,18-19,31H2,1-3H3,(H,33,34)/b15-14-. The van der Waals surface area contributed by atoms with E-state index in [4.69, 9.17) is 15.6 Å². The van der Waals surface area contributed by atoms with Crippen molar-refractivity contribution in [2.75, 3.05) is 0 Å². The van der Waals surface area contributed by atoms with Gasteiger partial charge in [-0.3, -0.25) is 4.79 Å². The first-order chi connectivity index (χ1) is 16.8. The van der Waals surface area contributed by atoms with E-state index in [0.717, 1.165) is 23.8 Å². The lowest BCUT2D eigenvalue weighted by Gasteiger charge is -2.20. The molecule has 0 bridgehead atoms. The Morgan fingerprint density at radius 1 is 1.00 bits per heavy atom. The van der Waals surface area contributed by atoms with Crippen LogP contribution >= 0.6 is 0 Å². The molecule has 0 fully saturated rings. The molecule has 2 unspecified atom stereocenters. The lowest BCUT2D eigenvalue weighted by molar-refractivity contribution is -0.137. The van der Waals surface area contributed by atoms with Gasteiger partial charge in [-0.2, -0.15) is 0 Å². The van der Waals surface area contributed by atoms with E-state index in [9.17, 15) is 9.90 Å². The van der Waals surface area contributed by atoms with Crippen LogP contribution in [0.4, 0.5) is 0 Å². The van der Waals surface area contributed by atoms with Gasteiger partial charge in [0.2, 0.25) is 0 Å².